The van der Waals surface area contributed by atoms with Gasteiger partial charge in [-0.3, -0.25) is 14.6 Å². The van der Waals surface area contributed by atoms with E-state index in [1.165, 1.54) is 0 Å². The maximum atomic E-state index is 13.2. The summed E-state index contributed by atoms with van der Waals surface area (Å²) in [6.07, 6.45) is 4.68. The molecule has 0 spiro atoms. The Balaban J connectivity index is 2.90. The predicted octanol–water partition coefficient (Wildman–Crippen LogP) is 3.61. The lowest BCUT2D eigenvalue weighted by molar-refractivity contribution is -0.805. The molecule has 6 nitrogen and oxygen atoms in total. The molecule has 1 N–H and O–H groups in total. The first-order valence-electron chi connectivity index (χ1n) is 8.08. The van der Waals surface area contributed by atoms with Gasteiger partial charge in [-0.15, -0.1) is 0 Å². The highest BCUT2D eigenvalue weighted by atomic mass is 31.2. The Morgan fingerprint density at radius 1 is 1.36 bits per heavy atom. The van der Waals surface area contributed by atoms with Crippen LogP contribution in [0.4, 0.5) is 0 Å². The molecular formula is C15H29NO5P+. The number of nitrogens with zero attached hydrogens (tertiary/aromatic N) is 1. The molecule has 0 aromatic heterocycles. The van der Waals surface area contributed by atoms with E-state index in [-0.39, 0.29) is 24.9 Å². The van der Waals surface area contributed by atoms with Crippen molar-refractivity contribution in [1.29, 1.82) is 0 Å². The molecule has 0 aromatic rings. The highest BCUT2D eigenvalue weighted by Crippen LogP contribution is 2.65. The van der Waals surface area contributed by atoms with Crippen LogP contribution in [0.2, 0.25) is 0 Å². The number of carbonyl (C=O) groups is 1. The van der Waals surface area contributed by atoms with E-state index in [0.717, 1.165) is 4.74 Å². The second-order valence-electron chi connectivity index (χ2n) is 5.67. The summed E-state index contributed by atoms with van der Waals surface area (Å²) in [4.78, 5) is 11.4. The van der Waals surface area contributed by atoms with Crippen LogP contribution in [-0.4, -0.2) is 40.4 Å². The van der Waals surface area contributed by atoms with Gasteiger partial charge in [0.05, 0.1) is 13.2 Å². The van der Waals surface area contributed by atoms with Gasteiger partial charge in [0.25, 0.3) is 0 Å². The smallest absolute Gasteiger partial charge is 0.304 e. The topological polar surface area (TPSA) is 75.8 Å². The molecule has 1 aliphatic rings. The van der Waals surface area contributed by atoms with Gasteiger partial charge in [0.15, 0.2) is 6.21 Å². The van der Waals surface area contributed by atoms with E-state index < -0.39 is 12.9 Å². The maximum absolute atomic E-state index is 13.2. The number of rotatable bonds is 10. The first-order valence-corrected chi connectivity index (χ1v) is 9.62. The van der Waals surface area contributed by atoms with Crippen LogP contribution >= 0.6 is 7.60 Å². The van der Waals surface area contributed by atoms with Gasteiger partial charge in [-0.25, -0.2) is 0 Å². The molecule has 128 valence electrons. The minimum absolute atomic E-state index is 0.0777. The monoisotopic (exact) mass is 334 g/mol. The van der Waals surface area contributed by atoms with Gasteiger partial charge >= 0.3 is 12.9 Å². The third-order valence-corrected chi connectivity index (χ3v) is 7.23. The molecule has 0 bridgehead atoms. The highest BCUT2D eigenvalue weighted by Gasteiger charge is 2.65. The van der Waals surface area contributed by atoms with Crippen molar-refractivity contribution in [1.82, 2.24) is 0 Å². The molecule has 2 atom stereocenters. The molecule has 0 radical (unpaired) electrons. The first kappa shape index (κ1) is 19.3. The Morgan fingerprint density at radius 3 is 2.45 bits per heavy atom. The van der Waals surface area contributed by atoms with Gasteiger partial charge in [-0.1, -0.05) is 6.92 Å². The zero-order valence-electron chi connectivity index (χ0n) is 14.1. The molecule has 0 saturated carbocycles. The average molecular weight is 334 g/mol. The van der Waals surface area contributed by atoms with E-state index in [1.54, 1.807) is 27.0 Å². The fraction of sp³-hybridized carbons (Fsp3) is 0.867. The van der Waals surface area contributed by atoms with Crippen molar-refractivity contribution < 1.29 is 28.4 Å². The van der Waals surface area contributed by atoms with E-state index in [0.29, 0.717) is 32.1 Å². The van der Waals surface area contributed by atoms with Gasteiger partial charge in [0.2, 0.25) is 0 Å². The van der Waals surface area contributed by atoms with Crippen LogP contribution in [0.1, 0.15) is 59.8 Å². The molecule has 1 heterocycles. The normalized spacial score (nSPS) is 25.3. The largest absolute Gasteiger partial charge is 0.405 e. The summed E-state index contributed by atoms with van der Waals surface area (Å²) in [6.45, 7) is 7.58. The molecular weight excluding hydrogens is 305 g/mol. The van der Waals surface area contributed by atoms with Crippen LogP contribution in [0.25, 0.3) is 0 Å². The molecule has 1 aliphatic heterocycles. The quantitative estimate of drug-likeness (QED) is 0.375. The van der Waals surface area contributed by atoms with Crippen molar-refractivity contribution in [2.24, 2.45) is 5.92 Å². The van der Waals surface area contributed by atoms with Crippen molar-refractivity contribution >= 4 is 19.6 Å². The number of carbonyl (C=O) groups excluding carboxylic acids is 1. The number of hydrogen-bond donors (Lipinski definition) is 1. The lowest BCUT2D eigenvalue weighted by Crippen LogP contribution is -2.41. The summed E-state index contributed by atoms with van der Waals surface area (Å²) >= 11 is 0. The molecule has 0 aliphatic carbocycles. The Morgan fingerprint density at radius 2 is 1.95 bits per heavy atom. The van der Waals surface area contributed by atoms with Gasteiger partial charge in [-0.2, -0.15) is 0 Å². The van der Waals surface area contributed by atoms with E-state index in [1.807, 2.05) is 6.92 Å². The maximum Gasteiger partial charge on any atom is 0.405 e. The lowest BCUT2D eigenvalue weighted by Gasteiger charge is -2.31. The number of hydrogen-bond acceptors (Lipinski definition) is 5. The zero-order valence-corrected chi connectivity index (χ0v) is 15.0. The van der Waals surface area contributed by atoms with Crippen molar-refractivity contribution in [2.75, 3.05) is 13.2 Å². The Hall–Kier alpha value is -0.710. The zero-order chi connectivity index (χ0) is 16.8. The number of ketones is 1. The Bertz CT molecular complexity index is 455. The molecule has 0 unspecified atom stereocenters. The van der Waals surface area contributed by atoms with E-state index in [9.17, 15) is 14.6 Å². The van der Waals surface area contributed by atoms with Crippen LogP contribution in [0.15, 0.2) is 0 Å². The van der Waals surface area contributed by atoms with Gasteiger partial charge < -0.3 is 9.05 Å². The molecule has 1 rings (SSSR count). The second kappa shape index (κ2) is 8.23. The van der Waals surface area contributed by atoms with Gasteiger partial charge in [-0.05, 0) is 31.4 Å². The third-order valence-electron chi connectivity index (χ3n) is 4.36. The minimum Gasteiger partial charge on any atom is -0.304 e. The first-order chi connectivity index (χ1) is 10.4. The summed E-state index contributed by atoms with van der Waals surface area (Å²) in [5.74, 6) is 0.147. The van der Waals surface area contributed by atoms with Crippen LogP contribution < -0.4 is 0 Å². The fourth-order valence-corrected chi connectivity index (χ4v) is 5.22. The van der Waals surface area contributed by atoms with Crippen LogP contribution in [0, 0.1) is 5.92 Å². The molecule has 0 aromatic carbocycles. The predicted molar refractivity (Wildman–Crippen MR) is 84.6 cm³/mol. The van der Waals surface area contributed by atoms with Gasteiger partial charge in [0, 0.05) is 32.1 Å². The molecule has 22 heavy (non-hydrogen) atoms. The summed E-state index contributed by atoms with van der Waals surface area (Å²) in [5.41, 5.74) is 0. The number of hydroxylamine groups is 1. The van der Waals surface area contributed by atoms with E-state index in [2.05, 4.69) is 0 Å². The van der Waals surface area contributed by atoms with Crippen LogP contribution in [0.3, 0.4) is 0 Å². The van der Waals surface area contributed by atoms with Crippen molar-refractivity contribution in [3.63, 3.8) is 0 Å². The number of Topliss-reactive ketones (excluding diaryl/α,β-unsaturated/α-hetero) is 1. The third kappa shape index (κ3) is 3.79. The molecule has 0 fully saturated rings. The van der Waals surface area contributed by atoms with Crippen molar-refractivity contribution in [2.45, 2.75) is 65.1 Å². The second-order valence-corrected chi connectivity index (χ2v) is 8.09. The van der Waals surface area contributed by atoms with Crippen molar-refractivity contribution in [3.05, 3.63) is 0 Å². The summed E-state index contributed by atoms with van der Waals surface area (Å²) in [7, 11) is -3.50. The minimum atomic E-state index is -3.50. The fourth-order valence-electron chi connectivity index (χ4n) is 2.92. The SMILES string of the molecule is CCOP(=O)(OCC)[C@@]1(C)[C@@H](CCCC(=O)CC)CC=[N+]1O. The van der Waals surface area contributed by atoms with E-state index in [4.69, 9.17) is 9.05 Å². The van der Waals surface area contributed by atoms with Crippen molar-refractivity contribution in [3.8, 4) is 0 Å². The molecule has 7 heteroatoms. The average Bonchev–Trinajstić information content (AvgIpc) is 2.77. The Labute approximate surface area is 133 Å². The summed E-state index contributed by atoms with van der Waals surface area (Å²) in [5, 5.41) is 9.14. The standard InChI is InChI=1S/C15H29NO5P/c1-5-14(17)10-8-9-13-11-12-16(18)15(13,4)22(19,20-6-2)21-7-3/h12-13,18H,5-11H2,1-4H3/q+1/t13-,15-/m0/s1. The lowest BCUT2D eigenvalue weighted by atomic mass is 9.93. The highest BCUT2D eigenvalue weighted by molar-refractivity contribution is 7.55. The molecule has 0 amide bonds. The molecule has 0 saturated heterocycles. The summed E-state index contributed by atoms with van der Waals surface area (Å²) in [6, 6.07) is 0. The summed E-state index contributed by atoms with van der Waals surface area (Å²) < 4.78 is 25.1. The van der Waals surface area contributed by atoms with Gasteiger partial charge in [0.1, 0.15) is 5.78 Å². The van der Waals surface area contributed by atoms with E-state index >= 15 is 0 Å². The van der Waals surface area contributed by atoms with Crippen LogP contribution in [0.5, 0.6) is 0 Å². The Kier molecular flexibility index (Phi) is 7.23. The van der Waals surface area contributed by atoms with Crippen LogP contribution in [-0.2, 0) is 18.4 Å².